The summed E-state index contributed by atoms with van der Waals surface area (Å²) >= 11 is 0. The minimum atomic E-state index is -3.88. The van der Waals surface area contributed by atoms with Crippen molar-refractivity contribution in [3.8, 4) is 5.69 Å². The van der Waals surface area contributed by atoms with Gasteiger partial charge in [-0.15, -0.1) is 5.10 Å². The van der Waals surface area contributed by atoms with Crippen LogP contribution in [0.5, 0.6) is 0 Å². The number of primary sulfonamides is 1. The number of hydrogen-bond donors (Lipinski definition) is 2. The molecule has 162 valence electrons. The van der Waals surface area contributed by atoms with Crippen LogP contribution in [0.25, 0.3) is 11.5 Å². The molecule has 3 aromatic heterocycles. The van der Waals surface area contributed by atoms with Crippen molar-refractivity contribution in [3.63, 3.8) is 0 Å². The summed E-state index contributed by atoms with van der Waals surface area (Å²) < 4.78 is 25.3. The van der Waals surface area contributed by atoms with Crippen molar-refractivity contribution in [2.75, 3.05) is 0 Å². The Labute approximate surface area is 181 Å². The van der Waals surface area contributed by atoms with Gasteiger partial charge in [0.25, 0.3) is 5.56 Å². The zero-order valence-electron chi connectivity index (χ0n) is 16.6. The van der Waals surface area contributed by atoms with Crippen LogP contribution in [-0.2, 0) is 10.0 Å². The number of nitrogens with two attached hydrogens (primary N) is 1. The van der Waals surface area contributed by atoms with Gasteiger partial charge in [-0.1, -0.05) is 6.07 Å². The van der Waals surface area contributed by atoms with Gasteiger partial charge in [0.15, 0.2) is 0 Å². The normalized spacial score (nSPS) is 11.8. The lowest BCUT2D eigenvalue weighted by atomic mass is 10.3. The van der Waals surface area contributed by atoms with Crippen LogP contribution in [-0.4, -0.2) is 44.7 Å². The summed E-state index contributed by atoms with van der Waals surface area (Å²) in [5.41, 5.74) is 3.09. The number of carbonyl (C=O) groups excluding carboxylic acids is 1. The first-order chi connectivity index (χ1) is 15.2. The molecular formula is C19H16N8O4S. The van der Waals surface area contributed by atoms with E-state index < -0.39 is 21.5 Å². The topological polar surface area (TPSA) is 167 Å². The van der Waals surface area contributed by atoms with Crippen LogP contribution in [0.1, 0.15) is 22.0 Å². The van der Waals surface area contributed by atoms with E-state index in [4.69, 9.17) is 5.14 Å². The fourth-order valence-electron chi connectivity index (χ4n) is 2.86. The Morgan fingerprint density at radius 2 is 1.94 bits per heavy atom. The Balaban J connectivity index is 1.76. The Bertz CT molecular complexity index is 1510. The number of fused-ring (bicyclic) bond motifs is 1. The molecule has 0 radical (unpaired) electrons. The van der Waals surface area contributed by atoms with E-state index in [0.717, 1.165) is 4.40 Å². The molecule has 13 heteroatoms. The molecule has 0 fully saturated rings. The summed E-state index contributed by atoms with van der Waals surface area (Å²) in [5, 5.41) is 13.2. The zero-order valence-corrected chi connectivity index (χ0v) is 17.4. The number of sulfonamides is 1. The van der Waals surface area contributed by atoms with Gasteiger partial charge in [-0.05, 0) is 43.3 Å². The van der Waals surface area contributed by atoms with Gasteiger partial charge in [-0.25, -0.2) is 28.4 Å². The van der Waals surface area contributed by atoms with Crippen LogP contribution >= 0.6 is 0 Å². The van der Waals surface area contributed by atoms with E-state index in [2.05, 4.69) is 25.6 Å². The maximum atomic E-state index is 12.7. The van der Waals surface area contributed by atoms with Crippen molar-refractivity contribution in [2.24, 2.45) is 10.2 Å². The average Bonchev–Trinajstić information content (AvgIpc) is 3.14. The Morgan fingerprint density at radius 3 is 2.59 bits per heavy atom. The molecule has 0 saturated carbocycles. The van der Waals surface area contributed by atoms with Gasteiger partial charge in [-0.2, -0.15) is 9.78 Å². The quantitative estimate of drug-likeness (QED) is 0.317. The third-order valence-electron chi connectivity index (χ3n) is 4.29. The third kappa shape index (κ3) is 4.14. The standard InChI is InChI=1S/C19H16N8O4S/c1-12-10-16(28)26-17(18(29)24-22-11-13-4-2-3-9-21-13)25-27(19(26)23-12)14-5-7-15(8-6-14)32(20,30)31/h2-11H,1H3,(H,24,29)(H2,20,30,31)/b22-11+. The molecule has 1 aromatic carbocycles. The summed E-state index contributed by atoms with van der Waals surface area (Å²) in [6, 6.07) is 11.9. The zero-order chi connectivity index (χ0) is 22.9. The summed E-state index contributed by atoms with van der Waals surface area (Å²) in [5.74, 6) is -0.946. The SMILES string of the molecule is Cc1cc(=O)n2c(C(=O)N/N=C/c3ccccn3)nn(-c3ccc(S(N)(=O)=O)cc3)c2n1. The number of amides is 1. The molecule has 3 N–H and O–H groups in total. The van der Waals surface area contributed by atoms with Crippen molar-refractivity contribution in [1.82, 2.24) is 29.6 Å². The lowest BCUT2D eigenvalue weighted by molar-refractivity contribution is 0.0943. The number of nitrogens with zero attached hydrogens (tertiary/aromatic N) is 6. The van der Waals surface area contributed by atoms with Crippen LogP contribution in [0.15, 0.2) is 69.5 Å². The van der Waals surface area contributed by atoms with Crippen molar-refractivity contribution >= 4 is 27.9 Å². The van der Waals surface area contributed by atoms with E-state index in [0.29, 0.717) is 17.1 Å². The first-order valence-corrected chi connectivity index (χ1v) is 10.7. The molecule has 0 bridgehead atoms. The molecule has 0 aliphatic heterocycles. The molecular weight excluding hydrogens is 436 g/mol. The van der Waals surface area contributed by atoms with E-state index >= 15 is 0 Å². The maximum absolute atomic E-state index is 12.7. The van der Waals surface area contributed by atoms with Gasteiger partial charge < -0.3 is 0 Å². The molecule has 4 rings (SSSR count). The van der Waals surface area contributed by atoms with Crippen LogP contribution < -0.4 is 16.1 Å². The van der Waals surface area contributed by atoms with E-state index in [9.17, 15) is 18.0 Å². The lowest BCUT2D eigenvalue weighted by Gasteiger charge is -2.04. The summed E-state index contributed by atoms with van der Waals surface area (Å²) in [4.78, 5) is 33.6. The van der Waals surface area contributed by atoms with Crippen LogP contribution in [0.2, 0.25) is 0 Å². The van der Waals surface area contributed by atoms with E-state index in [1.54, 1.807) is 31.3 Å². The molecule has 4 aromatic rings. The highest BCUT2D eigenvalue weighted by atomic mass is 32.2. The van der Waals surface area contributed by atoms with E-state index in [1.165, 1.54) is 41.2 Å². The van der Waals surface area contributed by atoms with Gasteiger partial charge in [0.1, 0.15) is 0 Å². The minimum absolute atomic E-state index is 0.0669. The fourth-order valence-corrected chi connectivity index (χ4v) is 3.38. The largest absolute Gasteiger partial charge is 0.309 e. The lowest BCUT2D eigenvalue weighted by Crippen LogP contribution is -2.25. The summed E-state index contributed by atoms with van der Waals surface area (Å²) in [6.45, 7) is 1.62. The summed E-state index contributed by atoms with van der Waals surface area (Å²) in [7, 11) is -3.88. The number of hydrazone groups is 1. The molecule has 32 heavy (non-hydrogen) atoms. The predicted octanol–water partition coefficient (Wildman–Crippen LogP) is -0.00508. The van der Waals surface area contributed by atoms with Crippen molar-refractivity contribution in [3.05, 3.63) is 82.3 Å². The highest BCUT2D eigenvalue weighted by molar-refractivity contribution is 7.89. The first-order valence-electron chi connectivity index (χ1n) is 9.11. The maximum Gasteiger partial charge on any atom is 0.309 e. The van der Waals surface area contributed by atoms with Crippen LogP contribution in [0.4, 0.5) is 0 Å². The number of benzene rings is 1. The molecule has 0 atom stereocenters. The second-order valence-corrected chi connectivity index (χ2v) is 8.16. The smallest absolute Gasteiger partial charge is 0.269 e. The van der Waals surface area contributed by atoms with Gasteiger partial charge in [-0.3, -0.25) is 14.6 Å². The van der Waals surface area contributed by atoms with E-state index in [1.807, 2.05) is 0 Å². The highest BCUT2D eigenvalue weighted by Gasteiger charge is 2.21. The Morgan fingerprint density at radius 1 is 1.19 bits per heavy atom. The van der Waals surface area contributed by atoms with Gasteiger partial charge >= 0.3 is 5.91 Å². The fraction of sp³-hybridized carbons (Fsp3) is 0.0526. The number of carbonyl (C=O) groups is 1. The second kappa shape index (κ2) is 8.13. The van der Waals surface area contributed by atoms with Gasteiger partial charge in [0.05, 0.1) is 22.5 Å². The van der Waals surface area contributed by atoms with Crippen LogP contribution in [0.3, 0.4) is 0 Å². The second-order valence-electron chi connectivity index (χ2n) is 6.60. The number of aromatic nitrogens is 5. The predicted molar refractivity (Wildman–Crippen MR) is 114 cm³/mol. The molecule has 3 heterocycles. The van der Waals surface area contributed by atoms with Crippen molar-refractivity contribution in [1.29, 1.82) is 0 Å². The summed E-state index contributed by atoms with van der Waals surface area (Å²) in [6.07, 6.45) is 2.92. The Hall–Kier alpha value is -4.23. The monoisotopic (exact) mass is 452 g/mol. The molecule has 0 spiro atoms. The number of rotatable bonds is 5. The molecule has 0 aliphatic carbocycles. The van der Waals surface area contributed by atoms with Gasteiger partial charge in [0.2, 0.25) is 21.6 Å². The molecule has 12 nitrogen and oxygen atoms in total. The number of pyridine rings is 1. The first kappa shape index (κ1) is 21.0. The molecule has 1 amide bonds. The van der Waals surface area contributed by atoms with E-state index in [-0.39, 0.29) is 16.5 Å². The Kier molecular flexibility index (Phi) is 5.34. The number of aryl methyl sites for hydroxylation is 1. The van der Waals surface area contributed by atoms with Crippen LogP contribution in [0, 0.1) is 6.92 Å². The molecule has 0 saturated heterocycles. The number of nitrogens with one attached hydrogen (secondary N) is 1. The highest BCUT2D eigenvalue weighted by Crippen LogP contribution is 2.15. The van der Waals surface area contributed by atoms with Crippen molar-refractivity contribution < 1.29 is 13.2 Å². The van der Waals surface area contributed by atoms with Gasteiger partial charge in [0, 0.05) is 18.0 Å². The molecule has 0 unspecified atom stereocenters. The van der Waals surface area contributed by atoms with Crippen molar-refractivity contribution in [2.45, 2.75) is 11.8 Å². The number of hydrogen-bond acceptors (Lipinski definition) is 8. The third-order valence-corrected chi connectivity index (χ3v) is 5.22. The average molecular weight is 452 g/mol. The molecule has 0 aliphatic rings. The minimum Gasteiger partial charge on any atom is -0.269 e.